The number of hydrogen-bond donors (Lipinski definition) is 0. The van der Waals surface area contributed by atoms with E-state index in [1.807, 2.05) is 0 Å². The molecule has 2 nitrogen and oxygen atoms in total. The van der Waals surface area contributed by atoms with Gasteiger partial charge in [0.15, 0.2) is 0 Å². The second kappa shape index (κ2) is 10.6. The minimum Gasteiger partial charge on any atom is -0.315 e. The summed E-state index contributed by atoms with van der Waals surface area (Å²) in [5, 5.41) is 0. The van der Waals surface area contributed by atoms with Crippen LogP contribution < -0.4 is 26.2 Å². The van der Waals surface area contributed by atoms with Crippen molar-refractivity contribution in [3.8, 4) is 11.1 Å². The van der Waals surface area contributed by atoms with Crippen LogP contribution >= 0.6 is 0 Å². The van der Waals surface area contributed by atoms with Gasteiger partial charge in [0.25, 0.3) is 6.71 Å². The maximum absolute atomic E-state index is 2.64. The molecule has 0 atom stereocenters. The van der Waals surface area contributed by atoms with Gasteiger partial charge in [-0.2, -0.15) is 0 Å². The predicted octanol–water partition coefficient (Wildman–Crippen LogP) is 10.4. The van der Waals surface area contributed by atoms with Crippen LogP contribution in [0.4, 0.5) is 28.4 Å². The number of benzene rings is 5. The van der Waals surface area contributed by atoms with Crippen LogP contribution in [-0.2, 0) is 10.8 Å². The summed E-state index contributed by atoms with van der Waals surface area (Å²) >= 11 is 0. The van der Waals surface area contributed by atoms with Crippen LogP contribution in [0.15, 0.2) is 121 Å². The molecule has 0 saturated carbocycles. The minimum absolute atomic E-state index is 0.0229. The zero-order valence-electron chi connectivity index (χ0n) is 29.9. The van der Waals surface area contributed by atoms with Crippen molar-refractivity contribution >= 4 is 51.5 Å². The molecule has 2 aliphatic carbocycles. The summed E-state index contributed by atoms with van der Waals surface area (Å²) in [7, 11) is 0. The quantitative estimate of drug-likeness (QED) is 0.178. The Labute approximate surface area is 292 Å². The van der Waals surface area contributed by atoms with Gasteiger partial charge in [0.2, 0.25) is 0 Å². The fraction of sp³-hybridized carbons (Fsp3) is 0.261. The summed E-state index contributed by atoms with van der Waals surface area (Å²) in [4.78, 5) is 5.22. The van der Waals surface area contributed by atoms with Gasteiger partial charge in [0, 0.05) is 39.5 Å². The van der Waals surface area contributed by atoms with Gasteiger partial charge in [-0.3, -0.25) is 0 Å². The van der Waals surface area contributed by atoms with Crippen molar-refractivity contribution in [2.24, 2.45) is 0 Å². The van der Waals surface area contributed by atoms with E-state index >= 15 is 0 Å². The van der Waals surface area contributed by atoms with Gasteiger partial charge in [-0.15, -0.1) is 0 Å². The molecule has 0 N–H and O–H groups in total. The summed E-state index contributed by atoms with van der Waals surface area (Å²) in [6.45, 7) is 16.6. The number of allylic oxidation sites excluding steroid dienone is 4. The van der Waals surface area contributed by atoms with Crippen LogP contribution in [0.25, 0.3) is 11.1 Å². The minimum atomic E-state index is -0.0765. The Morgan fingerprint density at radius 1 is 0.714 bits per heavy atom. The largest absolute Gasteiger partial charge is 0.315 e. The van der Waals surface area contributed by atoms with Crippen molar-refractivity contribution in [3.63, 3.8) is 0 Å². The average molecular weight is 637 g/mol. The van der Waals surface area contributed by atoms with Crippen LogP contribution in [0.2, 0.25) is 0 Å². The van der Waals surface area contributed by atoms with Crippen LogP contribution in [0.1, 0.15) is 89.5 Å². The molecule has 4 aliphatic rings. The van der Waals surface area contributed by atoms with E-state index in [0.29, 0.717) is 5.92 Å². The second-order valence-electron chi connectivity index (χ2n) is 16.3. The normalized spacial score (nSPS) is 16.6. The van der Waals surface area contributed by atoms with Gasteiger partial charge in [-0.25, -0.2) is 0 Å². The first-order valence-electron chi connectivity index (χ1n) is 18.2. The Kier molecular flexibility index (Phi) is 6.57. The van der Waals surface area contributed by atoms with E-state index in [1.54, 1.807) is 0 Å². The molecular formula is C46H45BN2. The zero-order valence-corrected chi connectivity index (χ0v) is 29.9. The third-order valence-corrected chi connectivity index (χ3v) is 11.6. The number of rotatable bonds is 3. The Morgan fingerprint density at radius 3 is 2.16 bits per heavy atom. The van der Waals surface area contributed by atoms with E-state index < -0.39 is 0 Å². The maximum atomic E-state index is 2.64. The first-order chi connectivity index (χ1) is 23.6. The van der Waals surface area contributed by atoms with Crippen molar-refractivity contribution in [2.75, 3.05) is 9.80 Å². The summed E-state index contributed by atoms with van der Waals surface area (Å²) in [6.07, 6.45) is 9.00. The monoisotopic (exact) mass is 636 g/mol. The van der Waals surface area contributed by atoms with Gasteiger partial charge >= 0.3 is 0 Å². The molecule has 2 heterocycles. The zero-order chi connectivity index (χ0) is 33.8. The fourth-order valence-corrected chi connectivity index (χ4v) is 9.04. The SMILES string of the molecule is CC(C)c1cc2c3c(c1)N(c1ccccc1)c1cc(C(C)(C)C)ccc1B3c1c(ccc3c1-c1ccccc1C3(C)C)N2C1=CC=CCC1. The highest BCUT2D eigenvalue weighted by molar-refractivity contribution is 7.01. The fourth-order valence-electron chi connectivity index (χ4n) is 9.04. The maximum Gasteiger partial charge on any atom is 0.252 e. The molecule has 242 valence electrons. The third kappa shape index (κ3) is 4.34. The van der Waals surface area contributed by atoms with E-state index in [2.05, 4.69) is 174 Å². The highest BCUT2D eigenvalue weighted by Crippen LogP contribution is 2.52. The number of anilines is 5. The van der Waals surface area contributed by atoms with Crippen molar-refractivity contribution in [1.82, 2.24) is 0 Å². The Balaban J connectivity index is 1.46. The lowest BCUT2D eigenvalue weighted by Crippen LogP contribution is -2.62. The third-order valence-electron chi connectivity index (χ3n) is 11.6. The number of nitrogens with zero attached hydrogens (tertiary/aromatic N) is 2. The highest BCUT2D eigenvalue weighted by Gasteiger charge is 2.48. The molecule has 0 aromatic heterocycles. The summed E-state index contributed by atoms with van der Waals surface area (Å²) in [5.74, 6) is 0.385. The predicted molar refractivity (Wildman–Crippen MR) is 211 cm³/mol. The topological polar surface area (TPSA) is 6.48 Å². The lowest BCUT2D eigenvalue weighted by atomic mass is 9.32. The molecule has 0 saturated heterocycles. The van der Waals surface area contributed by atoms with Gasteiger partial charge in [-0.05, 0) is 116 Å². The van der Waals surface area contributed by atoms with Gasteiger partial charge in [0.05, 0.1) is 0 Å². The van der Waals surface area contributed by atoms with E-state index in [1.165, 1.54) is 83.9 Å². The molecule has 9 rings (SSSR count). The van der Waals surface area contributed by atoms with Crippen molar-refractivity contribution in [3.05, 3.63) is 143 Å². The Bertz CT molecular complexity index is 2230. The van der Waals surface area contributed by atoms with E-state index in [0.717, 1.165) is 12.8 Å². The smallest absolute Gasteiger partial charge is 0.252 e. The Hall–Kier alpha value is -4.76. The van der Waals surface area contributed by atoms with Gasteiger partial charge in [0.1, 0.15) is 0 Å². The summed E-state index contributed by atoms with van der Waals surface area (Å²) in [5.41, 5.74) is 20.5. The molecule has 5 aromatic rings. The lowest BCUT2D eigenvalue weighted by molar-refractivity contribution is 0.590. The van der Waals surface area contributed by atoms with Crippen LogP contribution in [0.3, 0.4) is 0 Å². The molecule has 49 heavy (non-hydrogen) atoms. The van der Waals surface area contributed by atoms with Gasteiger partial charge in [-0.1, -0.05) is 121 Å². The van der Waals surface area contributed by atoms with E-state index in [9.17, 15) is 0 Å². The van der Waals surface area contributed by atoms with E-state index in [4.69, 9.17) is 0 Å². The van der Waals surface area contributed by atoms with E-state index in [-0.39, 0.29) is 17.5 Å². The molecule has 2 aliphatic heterocycles. The molecular weight excluding hydrogens is 591 g/mol. The van der Waals surface area contributed by atoms with Crippen molar-refractivity contribution < 1.29 is 0 Å². The average Bonchev–Trinajstić information content (AvgIpc) is 3.34. The standard InChI is InChI=1S/C46H45BN2/c1-29(2)30-26-40-43-41(27-30)49(33-18-12-9-13-19-33)39-28-31(45(3,4)5)22-24-37(39)47(43)44-38(48(40)32-16-10-8-11-17-32)25-23-36-42(44)34-20-14-15-21-35(34)46(36,6)7/h8-10,12-16,18-29H,11,17H2,1-7H3. The van der Waals surface area contributed by atoms with Crippen LogP contribution in [0.5, 0.6) is 0 Å². The summed E-state index contributed by atoms with van der Waals surface area (Å²) in [6, 6.07) is 37.5. The molecule has 0 radical (unpaired) electrons. The first-order valence-corrected chi connectivity index (χ1v) is 18.2. The number of para-hydroxylation sites is 1. The molecule has 0 spiro atoms. The lowest BCUT2D eigenvalue weighted by Gasteiger charge is -2.46. The molecule has 0 bridgehead atoms. The highest BCUT2D eigenvalue weighted by atomic mass is 15.2. The van der Waals surface area contributed by atoms with Gasteiger partial charge < -0.3 is 9.80 Å². The summed E-state index contributed by atoms with van der Waals surface area (Å²) < 4.78 is 0. The van der Waals surface area contributed by atoms with Crippen molar-refractivity contribution in [1.29, 1.82) is 0 Å². The molecule has 0 amide bonds. The second-order valence-corrected chi connectivity index (χ2v) is 16.3. The molecule has 3 heteroatoms. The molecule has 0 fully saturated rings. The van der Waals surface area contributed by atoms with Crippen LogP contribution in [0, 0.1) is 0 Å². The van der Waals surface area contributed by atoms with Crippen LogP contribution in [-0.4, -0.2) is 6.71 Å². The molecule has 5 aromatic carbocycles. The Morgan fingerprint density at radius 2 is 1.45 bits per heavy atom. The first kappa shape index (κ1) is 30.3. The number of hydrogen-bond acceptors (Lipinski definition) is 2. The van der Waals surface area contributed by atoms with Crippen molar-refractivity contribution in [2.45, 2.75) is 78.1 Å². The number of fused-ring (bicyclic) bond motifs is 8. The molecule has 0 unspecified atom stereocenters.